The van der Waals surface area contributed by atoms with Crippen molar-refractivity contribution >= 4 is 17.6 Å². The molecule has 1 aliphatic carbocycles. The van der Waals surface area contributed by atoms with E-state index in [9.17, 15) is 23.2 Å². The number of nitrogens with one attached hydrogen (secondary N) is 2. The molecule has 224 valence electrons. The van der Waals surface area contributed by atoms with Gasteiger partial charge >= 0.3 is 5.97 Å². The normalized spacial score (nSPS) is 13.8. The van der Waals surface area contributed by atoms with Gasteiger partial charge in [0.25, 0.3) is 5.56 Å². The highest BCUT2D eigenvalue weighted by Crippen LogP contribution is 2.30. The van der Waals surface area contributed by atoms with E-state index in [1.54, 1.807) is 13.8 Å². The SMILES string of the molecule is CC(C)(NCCCOc1cc(F)c(-c2cc(C(=O)c3ccc(F)cc3F)c(N)[nH]c2=O)c(F)c1)C(=O)OC1CCCC1. The van der Waals surface area contributed by atoms with E-state index in [1.807, 2.05) is 0 Å². The Kier molecular flexibility index (Phi) is 9.35. The molecule has 1 fully saturated rings. The fraction of sp³-hybridized carbons (Fsp3) is 0.367. The molecule has 0 atom stereocenters. The number of carbonyl (C=O) groups excluding carboxylic acids is 2. The highest BCUT2D eigenvalue weighted by atomic mass is 19.1. The van der Waals surface area contributed by atoms with Gasteiger partial charge in [-0.05, 0) is 70.7 Å². The Morgan fingerprint density at radius 2 is 1.67 bits per heavy atom. The van der Waals surface area contributed by atoms with E-state index < -0.39 is 68.2 Å². The van der Waals surface area contributed by atoms with Crippen molar-refractivity contribution in [3.63, 3.8) is 0 Å². The van der Waals surface area contributed by atoms with Crippen molar-refractivity contribution in [2.24, 2.45) is 0 Å². The van der Waals surface area contributed by atoms with E-state index in [0.717, 1.165) is 56.0 Å². The minimum absolute atomic E-state index is 0.0524. The van der Waals surface area contributed by atoms with Crippen molar-refractivity contribution in [2.45, 2.75) is 57.6 Å². The number of carbonyl (C=O) groups is 2. The lowest BCUT2D eigenvalue weighted by Gasteiger charge is -2.26. The van der Waals surface area contributed by atoms with Crippen LogP contribution in [0.1, 0.15) is 61.9 Å². The van der Waals surface area contributed by atoms with E-state index in [2.05, 4.69) is 10.3 Å². The summed E-state index contributed by atoms with van der Waals surface area (Å²) in [4.78, 5) is 40.0. The molecule has 0 saturated heterocycles. The van der Waals surface area contributed by atoms with Crippen LogP contribution < -0.4 is 21.3 Å². The van der Waals surface area contributed by atoms with Crippen LogP contribution in [0.25, 0.3) is 11.1 Å². The number of halogens is 4. The van der Waals surface area contributed by atoms with Crippen LogP contribution in [-0.4, -0.2) is 41.5 Å². The zero-order chi connectivity index (χ0) is 30.6. The number of benzene rings is 2. The molecule has 0 amide bonds. The summed E-state index contributed by atoms with van der Waals surface area (Å²) in [5, 5.41) is 3.09. The summed E-state index contributed by atoms with van der Waals surface area (Å²) in [5.41, 5.74) is 1.53. The van der Waals surface area contributed by atoms with Gasteiger partial charge in [0.1, 0.15) is 46.5 Å². The molecule has 1 heterocycles. The molecule has 1 aromatic heterocycles. The fourth-order valence-corrected chi connectivity index (χ4v) is 4.67. The summed E-state index contributed by atoms with van der Waals surface area (Å²) in [7, 11) is 0. The zero-order valence-electron chi connectivity index (χ0n) is 23.1. The van der Waals surface area contributed by atoms with Crippen LogP contribution in [0.5, 0.6) is 5.75 Å². The van der Waals surface area contributed by atoms with Gasteiger partial charge in [-0.3, -0.25) is 14.4 Å². The summed E-state index contributed by atoms with van der Waals surface area (Å²) in [6, 6.07) is 4.86. The third-order valence-electron chi connectivity index (χ3n) is 7.02. The van der Waals surface area contributed by atoms with Gasteiger partial charge in [0.2, 0.25) is 0 Å². The third-order valence-corrected chi connectivity index (χ3v) is 7.02. The van der Waals surface area contributed by atoms with Crippen molar-refractivity contribution < 1.29 is 36.6 Å². The minimum atomic E-state index is -1.17. The quantitative estimate of drug-likeness (QED) is 0.124. The van der Waals surface area contributed by atoms with Gasteiger partial charge in [-0.1, -0.05) is 0 Å². The molecule has 12 heteroatoms. The molecule has 2 aromatic carbocycles. The number of rotatable bonds is 11. The third kappa shape index (κ3) is 6.99. The summed E-state index contributed by atoms with van der Waals surface area (Å²) >= 11 is 0. The van der Waals surface area contributed by atoms with Gasteiger partial charge in [0, 0.05) is 18.2 Å². The van der Waals surface area contributed by atoms with Gasteiger partial charge in [0.05, 0.1) is 28.9 Å². The van der Waals surface area contributed by atoms with E-state index >= 15 is 8.78 Å². The Morgan fingerprint density at radius 1 is 1.00 bits per heavy atom. The van der Waals surface area contributed by atoms with Crippen LogP contribution in [0.3, 0.4) is 0 Å². The van der Waals surface area contributed by atoms with E-state index in [-0.39, 0.29) is 24.4 Å². The number of anilines is 1. The summed E-state index contributed by atoms with van der Waals surface area (Å²) in [5.74, 6) is -6.36. The highest BCUT2D eigenvalue weighted by Gasteiger charge is 2.31. The molecule has 8 nitrogen and oxygen atoms in total. The van der Waals surface area contributed by atoms with E-state index in [4.69, 9.17) is 15.2 Å². The average molecular weight is 590 g/mol. The number of nitrogens with two attached hydrogens (primary N) is 1. The van der Waals surface area contributed by atoms with Crippen LogP contribution in [0, 0.1) is 23.3 Å². The number of hydrogen-bond acceptors (Lipinski definition) is 7. The van der Waals surface area contributed by atoms with Crippen LogP contribution in [-0.2, 0) is 9.53 Å². The highest BCUT2D eigenvalue weighted by molar-refractivity contribution is 6.12. The van der Waals surface area contributed by atoms with Crippen molar-refractivity contribution in [1.82, 2.24) is 10.3 Å². The molecule has 0 aliphatic heterocycles. The van der Waals surface area contributed by atoms with Gasteiger partial charge in [-0.2, -0.15) is 0 Å². The number of nitrogen functional groups attached to an aromatic ring is 1. The Labute approximate surface area is 239 Å². The predicted octanol–water partition coefficient (Wildman–Crippen LogP) is 5.03. The van der Waals surface area contributed by atoms with Crippen molar-refractivity contribution in [3.05, 3.63) is 81.1 Å². The molecule has 4 N–H and O–H groups in total. The lowest BCUT2D eigenvalue weighted by molar-refractivity contribution is -0.155. The maximum Gasteiger partial charge on any atom is 0.326 e. The number of aromatic amines is 1. The zero-order valence-corrected chi connectivity index (χ0v) is 23.1. The van der Waals surface area contributed by atoms with Crippen LogP contribution in [0.4, 0.5) is 23.4 Å². The lowest BCUT2D eigenvalue weighted by Crippen LogP contribution is -2.49. The number of hydrogen-bond donors (Lipinski definition) is 3. The first-order chi connectivity index (χ1) is 19.9. The first-order valence-electron chi connectivity index (χ1n) is 13.5. The van der Waals surface area contributed by atoms with Gasteiger partial charge < -0.3 is 25.5 Å². The number of esters is 1. The lowest BCUT2D eigenvalue weighted by atomic mass is 9.98. The predicted molar refractivity (Wildman–Crippen MR) is 147 cm³/mol. The minimum Gasteiger partial charge on any atom is -0.493 e. The second-order valence-electron chi connectivity index (χ2n) is 10.6. The molecular weight excluding hydrogens is 558 g/mol. The second-order valence-corrected chi connectivity index (χ2v) is 10.6. The van der Waals surface area contributed by atoms with Gasteiger partial charge in [0.15, 0.2) is 5.78 Å². The molecule has 0 spiro atoms. The molecule has 1 aliphatic rings. The van der Waals surface area contributed by atoms with Gasteiger partial charge in [-0.15, -0.1) is 0 Å². The first kappa shape index (κ1) is 30.8. The number of H-pyrrole nitrogens is 1. The number of ether oxygens (including phenoxy) is 2. The Hall–Kier alpha value is -4.19. The first-order valence-corrected chi connectivity index (χ1v) is 13.5. The molecule has 0 radical (unpaired) electrons. The monoisotopic (exact) mass is 589 g/mol. The summed E-state index contributed by atoms with van der Waals surface area (Å²) in [6.45, 7) is 3.84. The Morgan fingerprint density at radius 3 is 2.31 bits per heavy atom. The summed E-state index contributed by atoms with van der Waals surface area (Å²) < 4.78 is 68.6. The number of aromatic nitrogens is 1. The van der Waals surface area contributed by atoms with Crippen molar-refractivity contribution in [1.29, 1.82) is 0 Å². The summed E-state index contributed by atoms with van der Waals surface area (Å²) in [6.07, 6.45) is 4.16. The molecule has 1 saturated carbocycles. The Bertz CT molecular complexity index is 1530. The van der Waals surface area contributed by atoms with Crippen molar-refractivity contribution in [3.8, 4) is 16.9 Å². The molecular formula is C30H31F4N3O5. The molecule has 4 rings (SSSR count). The maximum atomic E-state index is 15.1. The molecule has 3 aromatic rings. The van der Waals surface area contributed by atoms with E-state index in [1.165, 1.54) is 0 Å². The van der Waals surface area contributed by atoms with E-state index in [0.29, 0.717) is 19.0 Å². The standard InChI is InChI=1S/C30H31F4N3O5/c1-30(2,29(40)42-17-6-3-4-7-17)36-10-5-11-41-18-13-23(33)25(24(34)14-18)20-15-21(27(35)37-28(20)39)26(38)19-9-8-16(31)12-22(19)32/h8-9,12-15,17,36H,3-7,10-11H2,1-2H3,(H3,35,37,39). The van der Waals surface area contributed by atoms with Gasteiger partial charge in [-0.25, -0.2) is 17.6 Å². The van der Waals surface area contributed by atoms with Crippen LogP contribution in [0.2, 0.25) is 0 Å². The fourth-order valence-electron chi connectivity index (χ4n) is 4.67. The van der Waals surface area contributed by atoms with Crippen LogP contribution >= 0.6 is 0 Å². The van der Waals surface area contributed by atoms with Crippen LogP contribution in [0.15, 0.2) is 41.2 Å². The smallest absolute Gasteiger partial charge is 0.326 e. The average Bonchev–Trinajstić information content (AvgIpc) is 3.42. The Balaban J connectivity index is 1.42. The second kappa shape index (κ2) is 12.8. The number of ketones is 1. The number of pyridine rings is 1. The molecule has 42 heavy (non-hydrogen) atoms. The largest absolute Gasteiger partial charge is 0.493 e. The maximum absolute atomic E-state index is 15.1. The molecule has 0 unspecified atom stereocenters. The molecule has 0 bridgehead atoms. The topological polar surface area (TPSA) is 124 Å². The van der Waals surface area contributed by atoms with Crippen molar-refractivity contribution in [2.75, 3.05) is 18.9 Å².